The number of nitrogens with one attached hydrogen (secondary N) is 1. The van der Waals surface area contributed by atoms with Crippen LogP contribution < -0.4 is 5.32 Å². The SMILES string of the molecule is CC(C)C(C)(C)CNC1CCS(=O)(=O)c2ccccc21. The minimum atomic E-state index is -3.09. The lowest BCUT2D eigenvalue weighted by Gasteiger charge is -2.33. The standard InChI is InChI=1S/C16H25NO2S/c1-12(2)16(3,4)11-17-14-9-10-20(18,19)15-8-6-5-7-13(14)15/h5-8,12,14,17H,9-11H2,1-4H3. The molecule has 0 bridgehead atoms. The molecule has 1 atom stereocenters. The second kappa shape index (κ2) is 5.49. The van der Waals surface area contributed by atoms with Crippen molar-refractivity contribution >= 4 is 9.84 Å². The zero-order valence-corrected chi connectivity index (χ0v) is 13.6. The predicted molar refractivity (Wildman–Crippen MR) is 82.5 cm³/mol. The Morgan fingerprint density at radius 2 is 1.95 bits per heavy atom. The maximum Gasteiger partial charge on any atom is 0.178 e. The lowest BCUT2D eigenvalue weighted by atomic mass is 9.81. The first kappa shape index (κ1) is 15.5. The summed E-state index contributed by atoms with van der Waals surface area (Å²) in [7, 11) is -3.09. The van der Waals surface area contributed by atoms with Crippen LogP contribution in [0.5, 0.6) is 0 Å². The van der Waals surface area contributed by atoms with Crippen molar-refractivity contribution in [3.8, 4) is 0 Å². The topological polar surface area (TPSA) is 46.2 Å². The van der Waals surface area contributed by atoms with Gasteiger partial charge in [0.25, 0.3) is 0 Å². The van der Waals surface area contributed by atoms with Crippen molar-refractivity contribution in [2.24, 2.45) is 11.3 Å². The first-order valence-electron chi connectivity index (χ1n) is 7.29. The largest absolute Gasteiger partial charge is 0.309 e. The van der Waals surface area contributed by atoms with Crippen molar-refractivity contribution in [2.45, 2.75) is 45.1 Å². The van der Waals surface area contributed by atoms with E-state index in [1.807, 2.05) is 12.1 Å². The number of rotatable bonds is 4. The van der Waals surface area contributed by atoms with E-state index in [2.05, 4.69) is 33.0 Å². The Morgan fingerprint density at radius 3 is 2.60 bits per heavy atom. The molecule has 1 aromatic rings. The van der Waals surface area contributed by atoms with E-state index in [1.165, 1.54) is 0 Å². The smallest absolute Gasteiger partial charge is 0.178 e. The van der Waals surface area contributed by atoms with Gasteiger partial charge in [0.15, 0.2) is 9.84 Å². The fourth-order valence-corrected chi connectivity index (χ4v) is 4.01. The zero-order valence-electron chi connectivity index (χ0n) is 12.8. The number of sulfone groups is 1. The Labute approximate surface area is 122 Å². The van der Waals surface area contributed by atoms with Gasteiger partial charge in [0, 0.05) is 12.6 Å². The average molecular weight is 295 g/mol. The molecule has 1 aliphatic rings. The van der Waals surface area contributed by atoms with E-state index in [0.717, 1.165) is 12.1 Å². The third-order valence-corrected chi connectivity index (χ3v) is 6.49. The molecular formula is C16H25NO2S. The van der Waals surface area contributed by atoms with Crippen LogP contribution in [0.2, 0.25) is 0 Å². The Hall–Kier alpha value is -0.870. The van der Waals surface area contributed by atoms with Crippen molar-refractivity contribution in [3.63, 3.8) is 0 Å². The molecule has 0 saturated carbocycles. The van der Waals surface area contributed by atoms with Gasteiger partial charge in [-0.05, 0) is 29.4 Å². The molecule has 1 aliphatic heterocycles. The van der Waals surface area contributed by atoms with E-state index >= 15 is 0 Å². The molecule has 0 spiro atoms. The van der Waals surface area contributed by atoms with Gasteiger partial charge in [-0.2, -0.15) is 0 Å². The van der Waals surface area contributed by atoms with Crippen LogP contribution in [0, 0.1) is 11.3 Å². The Balaban J connectivity index is 2.20. The summed E-state index contributed by atoms with van der Waals surface area (Å²) in [5.41, 5.74) is 1.13. The van der Waals surface area contributed by atoms with Crippen molar-refractivity contribution in [3.05, 3.63) is 29.8 Å². The summed E-state index contributed by atoms with van der Waals surface area (Å²) >= 11 is 0. The lowest BCUT2D eigenvalue weighted by molar-refractivity contribution is 0.226. The van der Waals surface area contributed by atoms with Crippen LogP contribution in [-0.2, 0) is 9.84 Å². The van der Waals surface area contributed by atoms with Crippen molar-refractivity contribution < 1.29 is 8.42 Å². The highest BCUT2D eigenvalue weighted by molar-refractivity contribution is 7.91. The van der Waals surface area contributed by atoms with Gasteiger partial charge < -0.3 is 5.32 Å². The van der Waals surface area contributed by atoms with E-state index in [4.69, 9.17) is 0 Å². The molecule has 112 valence electrons. The van der Waals surface area contributed by atoms with Crippen LogP contribution in [0.25, 0.3) is 0 Å². The number of fused-ring (bicyclic) bond motifs is 1. The van der Waals surface area contributed by atoms with Crippen molar-refractivity contribution in [1.82, 2.24) is 5.32 Å². The van der Waals surface area contributed by atoms with Crippen LogP contribution in [0.3, 0.4) is 0 Å². The van der Waals surface area contributed by atoms with Gasteiger partial charge in [0.1, 0.15) is 0 Å². The summed E-state index contributed by atoms with van der Waals surface area (Å²) in [6, 6.07) is 7.53. The average Bonchev–Trinajstić information content (AvgIpc) is 2.38. The predicted octanol–water partition coefficient (Wildman–Crippen LogP) is 3.18. The first-order chi connectivity index (χ1) is 9.24. The normalized spacial score (nSPS) is 21.8. The maximum absolute atomic E-state index is 12.1. The monoisotopic (exact) mass is 295 g/mol. The quantitative estimate of drug-likeness (QED) is 0.928. The summed E-state index contributed by atoms with van der Waals surface area (Å²) in [6.07, 6.45) is 0.660. The Morgan fingerprint density at radius 1 is 1.30 bits per heavy atom. The van der Waals surface area contributed by atoms with Gasteiger partial charge in [-0.1, -0.05) is 45.9 Å². The van der Waals surface area contributed by atoms with Gasteiger partial charge in [0.05, 0.1) is 10.6 Å². The number of hydrogen-bond acceptors (Lipinski definition) is 3. The van der Waals surface area contributed by atoms with Crippen LogP contribution in [0.4, 0.5) is 0 Å². The fourth-order valence-electron chi connectivity index (χ4n) is 2.39. The van der Waals surface area contributed by atoms with Crippen LogP contribution in [0.15, 0.2) is 29.2 Å². The summed E-state index contributed by atoms with van der Waals surface area (Å²) in [5.74, 6) is 0.821. The highest BCUT2D eigenvalue weighted by Gasteiger charge is 2.31. The lowest BCUT2D eigenvalue weighted by Crippen LogP contribution is -2.38. The molecule has 0 aromatic heterocycles. The molecule has 4 heteroatoms. The minimum Gasteiger partial charge on any atom is -0.309 e. The molecule has 0 amide bonds. The Bertz CT molecular complexity index is 576. The molecule has 1 aromatic carbocycles. The molecule has 1 N–H and O–H groups in total. The third-order valence-electron chi connectivity index (χ3n) is 4.67. The molecule has 20 heavy (non-hydrogen) atoms. The van der Waals surface area contributed by atoms with Crippen LogP contribution in [0.1, 0.15) is 45.7 Å². The molecule has 3 nitrogen and oxygen atoms in total. The van der Waals surface area contributed by atoms with Crippen molar-refractivity contribution in [2.75, 3.05) is 12.3 Å². The highest BCUT2D eigenvalue weighted by Crippen LogP contribution is 2.33. The van der Waals surface area contributed by atoms with Crippen LogP contribution >= 0.6 is 0 Å². The number of hydrogen-bond donors (Lipinski definition) is 1. The van der Waals surface area contributed by atoms with E-state index in [0.29, 0.717) is 17.2 Å². The van der Waals surface area contributed by atoms with E-state index in [1.54, 1.807) is 12.1 Å². The summed E-state index contributed by atoms with van der Waals surface area (Å²) in [4.78, 5) is 0.506. The Kier molecular flexibility index (Phi) is 4.26. The van der Waals surface area contributed by atoms with Crippen LogP contribution in [-0.4, -0.2) is 20.7 Å². The van der Waals surface area contributed by atoms with E-state index in [-0.39, 0.29) is 17.2 Å². The second-order valence-electron chi connectivity index (χ2n) is 6.72. The van der Waals surface area contributed by atoms with E-state index < -0.39 is 9.84 Å². The van der Waals surface area contributed by atoms with Gasteiger partial charge in [-0.15, -0.1) is 0 Å². The van der Waals surface area contributed by atoms with Gasteiger partial charge in [-0.3, -0.25) is 0 Å². The molecule has 1 unspecified atom stereocenters. The zero-order chi connectivity index (χ0) is 15.0. The molecule has 1 heterocycles. The highest BCUT2D eigenvalue weighted by atomic mass is 32.2. The molecule has 0 radical (unpaired) electrons. The summed E-state index contributed by atoms with van der Waals surface area (Å²) < 4.78 is 24.2. The second-order valence-corrected chi connectivity index (χ2v) is 8.80. The molecule has 0 aliphatic carbocycles. The minimum absolute atomic E-state index is 0.146. The van der Waals surface area contributed by atoms with Gasteiger partial charge >= 0.3 is 0 Å². The van der Waals surface area contributed by atoms with E-state index in [9.17, 15) is 8.42 Å². The molecule has 0 fully saturated rings. The fraction of sp³-hybridized carbons (Fsp3) is 0.625. The maximum atomic E-state index is 12.1. The summed E-state index contributed by atoms with van der Waals surface area (Å²) in [6.45, 7) is 9.83. The van der Waals surface area contributed by atoms with Gasteiger partial charge in [0.2, 0.25) is 0 Å². The summed E-state index contributed by atoms with van der Waals surface area (Å²) in [5, 5.41) is 3.57. The van der Waals surface area contributed by atoms with Gasteiger partial charge in [-0.25, -0.2) is 8.42 Å². The molecule has 0 saturated heterocycles. The third kappa shape index (κ3) is 3.07. The number of benzene rings is 1. The first-order valence-corrected chi connectivity index (χ1v) is 8.94. The van der Waals surface area contributed by atoms with Crippen molar-refractivity contribution in [1.29, 1.82) is 0 Å². The molecular weight excluding hydrogens is 270 g/mol. The molecule has 2 rings (SSSR count).